The van der Waals surface area contributed by atoms with E-state index >= 15 is 0 Å². The van der Waals surface area contributed by atoms with Gasteiger partial charge in [0.1, 0.15) is 0 Å². The predicted octanol–water partition coefficient (Wildman–Crippen LogP) is 0.431. The van der Waals surface area contributed by atoms with Gasteiger partial charge >= 0.3 is 0 Å². The summed E-state index contributed by atoms with van der Waals surface area (Å²) in [6, 6.07) is 0.230. The monoisotopic (exact) mass is 168 g/mol. The number of rotatable bonds is 2. The molecular formula is C9H16N2O. The molecule has 0 fully saturated rings. The Bertz CT molecular complexity index is 197. The number of carbonyl (C=O) groups is 1. The van der Waals surface area contributed by atoms with Crippen molar-refractivity contribution >= 4 is 5.91 Å². The molecule has 0 spiro atoms. The summed E-state index contributed by atoms with van der Waals surface area (Å²) in [7, 11) is 0. The zero-order valence-electron chi connectivity index (χ0n) is 7.68. The molecule has 0 unspecified atom stereocenters. The summed E-state index contributed by atoms with van der Waals surface area (Å²) >= 11 is 0. The Morgan fingerprint density at radius 2 is 2.42 bits per heavy atom. The standard InChI is InChI=1S/C9H16N2O/c1-7(2)11-9(12)8-3-5-10-6-4-8/h3,7,10H,4-6H2,1-2H3,(H,11,12). The molecule has 0 bridgehead atoms. The second-order valence-corrected chi connectivity index (χ2v) is 3.31. The third-order valence-electron chi connectivity index (χ3n) is 1.78. The fraction of sp³-hybridized carbons (Fsp3) is 0.667. The van der Waals surface area contributed by atoms with E-state index in [1.165, 1.54) is 0 Å². The van der Waals surface area contributed by atoms with Crippen LogP contribution in [0.5, 0.6) is 0 Å². The highest BCUT2D eigenvalue weighted by Crippen LogP contribution is 2.04. The maximum Gasteiger partial charge on any atom is 0.247 e. The third-order valence-corrected chi connectivity index (χ3v) is 1.78. The Labute approximate surface area is 73.2 Å². The van der Waals surface area contributed by atoms with Crippen LogP contribution in [0.4, 0.5) is 0 Å². The molecule has 1 aliphatic rings. The van der Waals surface area contributed by atoms with Gasteiger partial charge in [-0.3, -0.25) is 4.79 Å². The quantitative estimate of drug-likeness (QED) is 0.628. The van der Waals surface area contributed by atoms with Crippen molar-refractivity contribution in [1.82, 2.24) is 10.6 Å². The molecule has 0 saturated heterocycles. The van der Waals surface area contributed by atoms with Crippen LogP contribution in [-0.2, 0) is 4.79 Å². The van der Waals surface area contributed by atoms with Gasteiger partial charge in [0.05, 0.1) is 0 Å². The van der Waals surface area contributed by atoms with Gasteiger partial charge in [-0.05, 0) is 26.8 Å². The zero-order valence-corrected chi connectivity index (χ0v) is 7.68. The highest BCUT2D eigenvalue weighted by atomic mass is 16.1. The van der Waals surface area contributed by atoms with Gasteiger partial charge in [-0.25, -0.2) is 0 Å². The van der Waals surface area contributed by atoms with Crippen LogP contribution in [0.2, 0.25) is 0 Å². The highest BCUT2D eigenvalue weighted by molar-refractivity contribution is 5.93. The van der Waals surface area contributed by atoms with E-state index in [4.69, 9.17) is 0 Å². The number of amides is 1. The van der Waals surface area contributed by atoms with Crippen molar-refractivity contribution in [3.05, 3.63) is 11.6 Å². The lowest BCUT2D eigenvalue weighted by molar-refractivity contribution is -0.118. The minimum Gasteiger partial charge on any atom is -0.350 e. The van der Waals surface area contributed by atoms with Crippen LogP contribution in [0, 0.1) is 0 Å². The van der Waals surface area contributed by atoms with Crippen LogP contribution in [0.3, 0.4) is 0 Å². The molecule has 0 atom stereocenters. The van der Waals surface area contributed by atoms with Crippen molar-refractivity contribution in [2.75, 3.05) is 13.1 Å². The maximum atomic E-state index is 11.4. The molecule has 0 aliphatic carbocycles. The average molecular weight is 168 g/mol. The van der Waals surface area contributed by atoms with E-state index in [1.54, 1.807) is 0 Å². The predicted molar refractivity (Wildman–Crippen MR) is 48.8 cm³/mol. The lowest BCUT2D eigenvalue weighted by Crippen LogP contribution is -2.34. The van der Waals surface area contributed by atoms with E-state index in [9.17, 15) is 4.79 Å². The Morgan fingerprint density at radius 3 is 2.92 bits per heavy atom. The topological polar surface area (TPSA) is 41.1 Å². The molecule has 0 aromatic heterocycles. The summed E-state index contributed by atoms with van der Waals surface area (Å²) in [5, 5.41) is 6.04. The number of carbonyl (C=O) groups excluding carboxylic acids is 1. The normalized spacial score (nSPS) is 17.4. The van der Waals surface area contributed by atoms with E-state index in [0.29, 0.717) is 0 Å². The van der Waals surface area contributed by atoms with Crippen LogP contribution in [0.1, 0.15) is 20.3 Å². The first kappa shape index (κ1) is 9.26. The van der Waals surface area contributed by atoms with Crippen molar-refractivity contribution in [2.45, 2.75) is 26.3 Å². The summed E-state index contributed by atoms with van der Waals surface area (Å²) in [6.45, 7) is 5.68. The molecule has 0 aromatic rings. The lowest BCUT2D eigenvalue weighted by atomic mass is 10.1. The van der Waals surface area contributed by atoms with Gasteiger partial charge in [0.15, 0.2) is 0 Å². The van der Waals surface area contributed by atoms with Crippen molar-refractivity contribution < 1.29 is 4.79 Å². The first-order valence-corrected chi connectivity index (χ1v) is 4.41. The second-order valence-electron chi connectivity index (χ2n) is 3.31. The van der Waals surface area contributed by atoms with Gasteiger partial charge in [0.25, 0.3) is 0 Å². The highest BCUT2D eigenvalue weighted by Gasteiger charge is 2.11. The molecule has 3 heteroatoms. The van der Waals surface area contributed by atoms with Crippen LogP contribution >= 0.6 is 0 Å². The fourth-order valence-electron chi connectivity index (χ4n) is 1.18. The van der Waals surface area contributed by atoms with Gasteiger partial charge in [-0.2, -0.15) is 0 Å². The van der Waals surface area contributed by atoms with E-state index in [1.807, 2.05) is 19.9 Å². The Hall–Kier alpha value is -0.830. The van der Waals surface area contributed by atoms with Crippen LogP contribution < -0.4 is 10.6 Å². The lowest BCUT2D eigenvalue weighted by Gasteiger charge is -2.15. The molecule has 3 nitrogen and oxygen atoms in total. The summed E-state index contributed by atoms with van der Waals surface area (Å²) < 4.78 is 0. The van der Waals surface area contributed by atoms with Crippen LogP contribution in [0.25, 0.3) is 0 Å². The smallest absolute Gasteiger partial charge is 0.247 e. The van der Waals surface area contributed by atoms with Crippen molar-refractivity contribution in [3.8, 4) is 0 Å². The summed E-state index contributed by atoms with van der Waals surface area (Å²) in [5.41, 5.74) is 0.919. The van der Waals surface area contributed by atoms with E-state index < -0.39 is 0 Å². The van der Waals surface area contributed by atoms with Gasteiger partial charge in [0, 0.05) is 18.2 Å². The van der Waals surface area contributed by atoms with E-state index in [2.05, 4.69) is 10.6 Å². The van der Waals surface area contributed by atoms with Crippen molar-refractivity contribution in [2.24, 2.45) is 0 Å². The molecular weight excluding hydrogens is 152 g/mol. The molecule has 2 N–H and O–H groups in total. The molecule has 0 aromatic carbocycles. The number of nitrogens with one attached hydrogen (secondary N) is 2. The van der Waals surface area contributed by atoms with Gasteiger partial charge in [0.2, 0.25) is 5.91 Å². The molecule has 0 saturated carbocycles. The first-order valence-electron chi connectivity index (χ1n) is 4.41. The molecule has 1 rings (SSSR count). The summed E-state index contributed by atoms with van der Waals surface area (Å²) in [4.78, 5) is 11.4. The van der Waals surface area contributed by atoms with Gasteiger partial charge in [-0.1, -0.05) is 6.08 Å². The minimum atomic E-state index is 0.0894. The average Bonchev–Trinajstić information content (AvgIpc) is 2.05. The largest absolute Gasteiger partial charge is 0.350 e. The number of hydrogen-bond acceptors (Lipinski definition) is 2. The van der Waals surface area contributed by atoms with Crippen LogP contribution in [0.15, 0.2) is 11.6 Å². The second kappa shape index (κ2) is 4.26. The molecule has 12 heavy (non-hydrogen) atoms. The van der Waals surface area contributed by atoms with Gasteiger partial charge < -0.3 is 10.6 Å². The van der Waals surface area contributed by atoms with Crippen molar-refractivity contribution in [1.29, 1.82) is 0 Å². The first-order chi connectivity index (χ1) is 5.70. The molecule has 1 amide bonds. The van der Waals surface area contributed by atoms with E-state index in [0.717, 1.165) is 25.1 Å². The van der Waals surface area contributed by atoms with Gasteiger partial charge in [-0.15, -0.1) is 0 Å². The maximum absolute atomic E-state index is 11.4. The minimum absolute atomic E-state index is 0.0894. The molecule has 68 valence electrons. The molecule has 1 heterocycles. The summed E-state index contributed by atoms with van der Waals surface area (Å²) in [6.07, 6.45) is 2.81. The Balaban J connectivity index is 2.45. The third kappa shape index (κ3) is 2.66. The Kier molecular flexibility index (Phi) is 3.29. The number of hydrogen-bond donors (Lipinski definition) is 2. The van der Waals surface area contributed by atoms with Crippen molar-refractivity contribution in [3.63, 3.8) is 0 Å². The fourth-order valence-corrected chi connectivity index (χ4v) is 1.18. The molecule has 0 radical (unpaired) electrons. The SMILES string of the molecule is CC(C)NC(=O)C1=CCNCC1. The Morgan fingerprint density at radius 1 is 1.67 bits per heavy atom. The summed E-state index contributed by atoms with van der Waals surface area (Å²) in [5.74, 6) is 0.0894. The van der Waals surface area contributed by atoms with E-state index in [-0.39, 0.29) is 11.9 Å². The van der Waals surface area contributed by atoms with Crippen LogP contribution in [-0.4, -0.2) is 25.0 Å². The zero-order chi connectivity index (χ0) is 8.97. The molecule has 1 aliphatic heterocycles.